The molecule has 6 rings (SSSR count). The SMILES string of the molecule is COc1cc(C#N)cc(-c2cncc(C(=O)NC34CC(C3)C4)c2N2CC[C@](C)(N)C2)c1. The summed E-state index contributed by atoms with van der Waals surface area (Å²) in [6, 6.07) is 7.57. The molecule has 2 heterocycles. The minimum Gasteiger partial charge on any atom is -0.497 e. The number of amides is 1. The van der Waals surface area contributed by atoms with Gasteiger partial charge in [0.2, 0.25) is 0 Å². The summed E-state index contributed by atoms with van der Waals surface area (Å²) in [4.78, 5) is 19.9. The van der Waals surface area contributed by atoms with Crippen LogP contribution in [0.15, 0.2) is 30.6 Å². The van der Waals surface area contributed by atoms with E-state index >= 15 is 0 Å². The van der Waals surface area contributed by atoms with Crippen LogP contribution < -0.4 is 20.7 Å². The van der Waals surface area contributed by atoms with Gasteiger partial charge in [0.05, 0.1) is 30.0 Å². The Morgan fingerprint density at radius 2 is 2.10 bits per heavy atom. The number of hydrogen-bond donors (Lipinski definition) is 2. The fraction of sp³-hybridized carbons (Fsp3) is 0.458. The third-order valence-electron chi connectivity index (χ3n) is 6.98. The first-order chi connectivity index (χ1) is 14.8. The normalized spacial score (nSPS) is 28.3. The standard InChI is InChI=1S/C24H27N5O2/c1-23(26)3-4-29(14-23)21-19(17-5-15(11-25)6-18(7-17)31-2)12-27-13-20(21)22(30)28-24-8-16(9-24)10-24/h5-7,12-13,16H,3-4,8-10,14,26H2,1-2H3,(H,28,30)/t16?,23-,24?/m0/s1. The molecule has 0 spiro atoms. The van der Waals surface area contributed by atoms with Crippen LogP contribution in [0.25, 0.3) is 11.1 Å². The van der Waals surface area contributed by atoms with Crippen molar-refractivity contribution in [3.05, 3.63) is 41.7 Å². The van der Waals surface area contributed by atoms with Gasteiger partial charge in [-0.25, -0.2) is 0 Å². The number of methoxy groups -OCH3 is 1. The van der Waals surface area contributed by atoms with Crippen LogP contribution in [0.4, 0.5) is 5.69 Å². The van der Waals surface area contributed by atoms with Gasteiger partial charge in [0.1, 0.15) is 5.75 Å². The maximum atomic E-state index is 13.4. The van der Waals surface area contributed by atoms with Gasteiger partial charge in [-0.1, -0.05) is 0 Å². The molecule has 31 heavy (non-hydrogen) atoms. The van der Waals surface area contributed by atoms with Crippen LogP contribution in [0, 0.1) is 17.2 Å². The van der Waals surface area contributed by atoms with Crippen molar-refractivity contribution in [1.82, 2.24) is 10.3 Å². The van der Waals surface area contributed by atoms with Gasteiger partial charge in [0.25, 0.3) is 5.91 Å². The van der Waals surface area contributed by atoms with Gasteiger partial charge >= 0.3 is 0 Å². The van der Waals surface area contributed by atoms with E-state index in [1.54, 1.807) is 25.6 Å². The lowest BCUT2D eigenvalue weighted by molar-refractivity contribution is -0.0438. The van der Waals surface area contributed by atoms with Gasteiger partial charge in [-0.3, -0.25) is 9.78 Å². The van der Waals surface area contributed by atoms with Crippen molar-refractivity contribution in [1.29, 1.82) is 5.26 Å². The summed E-state index contributed by atoms with van der Waals surface area (Å²) in [5.41, 5.74) is 9.56. The molecule has 2 aromatic rings. The molecule has 0 unspecified atom stereocenters. The predicted molar refractivity (Wildman–Crippen MR) is 118 cm³/mol. The lowest BCUT2D eigenvalue weighted by Gasteiger charge is -2.61. The van der Waals surface area contributed by atoms with Crippen molar-refractivity contribution in [3.63, 3.8) is 0 Å². The van der Waals surface area contributed by atoms with Crippen LogP contribution in [-0.4, -0.2) is 42.2 Å². The summed E-state index contributed by atoms with van der Waals surface area (Å²) in [5.74, 6) is 1.28. The first-order valence-electron chi connectivity index (χ1n) is 10.8. The van der Waals surface area contributed by atoms with Crippen LogP contribution in [-0.2, 0) is 0 Å². The summed E-state index contributed by atoms with van der Waals surface area (Å²) in [6.45, 7) is 3.44. The number of ether oxygens (including phenoxy) is 1. The van der Waals surface area contributed by atoms with Crippen LogP contribution in [0.2, 0.25) is 0 Å². The highest BCUT2D eigenvalue weighted by Gasteiger charge is 2.57. The molecule has 1 amide bonds. The van der Waals surface area contributed by atoms with Gasteiger partial charge in [0.15, 0.2) is 0 Å². The molecule has 1 saturated heterocycles. The van der Waals surface area contributed by atoms with Crippen LogP contribution in [0.3, 0.4) is 0 Å². The van der Waals surface area contributed by atoms with E-state index in [-0.39, 0.29) is 17.0 Å². The maximum Gasteiger partial charge on any atom is 0.255 e. The molecular weight excluding hydrogens is 390 g/mol. The first kappa shape index (κ1) is 19.8. The number of pyridine rings is 1. The fourth-order valence-electron chi connectivity index (χ4n) is 5.22. The van der Waals surface area contributed by atoms with Crippen molar-refractivity contribution in [2.75, 3.05) is 25.1 Å². The third-order valence-corrected chi connectivity index (χ3v) is 6.98. The predicted octanol–water partition coefficient (Wildman–Crippen LogP) is 2.84. The zero-order valence-corrected chi connectivity index (χ0v) is 17.9. The first-order valence-corrected chi connectivity index (χ1v) is 10.8. The second kappa shape index (κ2) is 6.96. The topological polar surface area (TPSA) is 104 Å². The number of rotatable bonds is 5. The smallest absolute Gasteiger partial charge is 0.255 e. The highest BCUT2D eigenvalue weighted by Crippen LogP contribution is 2.57. The number of benzene rings is 1. The minimum absolute atomic E-state index is 0.0215. The van der Waals surface area contributed by atoms with E-state index in [9.17, 15) is 10.1 Å². The lowest BCUT2D eigenvalue weighted by Crippen LogP contribution is -2.68. The molecule has 3 saturated carbocycles. The molecule has 4 aliphatic rings. The molecule has 1 aromatic heterocycles. The van der Waals surface area contributed by atoms with Crippen molar-refractivity contribution in [2.24, 2.45) is 11.7 Å². The quantitative estimate of drug-likeness (QED) is 0.775. The van der Waals surface area contributed by atoms with Gasteiger partial charge in [0, 0.05) is 42.1 Å². The number of aromatic nitrogens is 1. The Balaban J connectivity index is 1.61. The number of hydrogen-bond acceptors (Lipinski definition) is 6. The summed E-state index contributed by atoms with van der Waals surface area (Å²) in [5, 5.41) is 12.7. The Hall–Kier alpha value is -3.11. The molecule has 4 fully saturated rings. The van der Waals surface area contributed by atoms with Crippen LogP contribution in [0.5, 0.6) is 5.75 Å². The van der Waals surface area contributed by atoms with E-state index in [1.807, 2.05) is 19.1 Å². The molecule has 2 bridgehead atoms. The molecule has 7 heteroatoms. The van der Waals surface area contributed by atoms with E-state index < -0.39 is 0 Å². The van der Waals surface area contributed by atoms with Crippen molar-refractivity contribution in [2.45, 2.75) is 43.7 Å². The van der Waals surface area contributed by atoms with E-state index in [0.717, 1.165) is 55.0 Å². The largest absolute Gasteiger partial charge is 0.497 e. The summed E-state index contributed by atoms with van der Waals surface area (Å²) >= 11 is 0. The molecule has 160 valence electrons. The fourth-order valence-corrected chi connectivity index (χ4v) is 5.22. The van der Waals surface area contributed by atoms with E-state index in [4.69, 9.17) is 10.5 Å². The molecule has 0 radical (unpaired) electrons. The van der Waals surface area contributed by atoms with Crippen molar-refractivity contribution >= 4 is 11.6 Å². The second-order valence-corrected chi connectivity index (χ2v) is 9.68. The van der Waals surface area contributed by atoms with E-state index in [1.165, 1.54) is 0 Å². The van der Waals surface area contributed by atoms with E-state index in [2.05, 4.69) is 21.3 Å². The van der Waals surface area contributed by atoms with Crippen molar-refractivity contribution < 1.29 is 9.53 Å². The molecule has 7 nitrogen and oxygen atoms in total. The highest BCUT2D eigenvalue weighted by atomic mass is 16.5. The van der Waals surface area contributed by atoms with Gasteiger partial charge < -0.3 is 20.7 Å². The third kappa shape index (κ3) is 3.41. The number of nitrogens with one attached hydrogen (secondary N) is 1. The number of anilines is 1. The molecule has 1 aliphatic heterocycles. The summed E-state index contributed by atoms with van der Waals surface area (Å²) < 4.78 is 5.40. The average Bonchev–Trinajstić information content (AvgIpc) is 3.07. The zero-order chi connectivity index (χ0) is 21.8. The van der Waals surface area contributed by atoms with Crippen LogP contribution >= 0.6 is 0 Å². The number of nitrogens with two attached hydrogens (primary N) is 1. The average molecular weight is 418 g/mol. The number of carbonyl (C=O) groups is 1. The molecule has 1 atom stereocenters. The zero-order valence-electron chi connectivity index (χ0n) is 17.9. The van der Waals surface area contributed by atoms with E-state index in [0.29, 0.717) is 23.4 Å². The molecule has 1 aromatic carbocycles. The molecule has 3 N–H and O–H groups in total. The Labute approximate surface area is 182 Å². The Morgan fingerprint density at radius 3 is 2.68 bits per heavy atom. The maximum absolute atomic E-state index is 13.4. The Bertz CT molecular complexity index is 1090. The Kier molecular flexibility index (Phi) is 4.45. The van der Waals surface area contributed by atoms with Gasteiger partial charge in [-0.15, -0.1) is 0 Å². The van der Waals surface area contributed by atoms with Gasteiger partial charge in [-0.2, -0.15) is 5.26 Å². The summed E-state index contributed by atoms with van der Waals surface area (Å²) in [6.07, 6.45) is 7.48. The Morgan fingerprint density at radius 1 is 1.32 bits per heavy atom. The number of nitrogens with zero attached hydrogens (tertiary/aromatic N) is 3. The number of nitriles is 1. The molecule has 3 aliphatic carbocycles. The lowest BCUT2D eigenvalue weighted by atomic mass is 9.50. The van der Waals surface area contributed by atoms with Crippen molar-refractivity contribution in [3.8, 4) is 22.9 Å². The highest BCUT2D eigenvalue weighted by molar-refractivity contribution is 6.03. The minimum atomic E-state index is -0.325. The second-order valence-electron chi connectivity index (χ2n) is 9.68. The monoisotopic (exact) mass is 417 g/mol. The molecular formula is C24H27N5O2. The number of carbonyl (C=O) groups excluding carboxylic acids is 1. The summed E-state index contributed by atoms with van der Waals surface area (Å²) in [7, 11) is 1.58. The van der Waals surface area contributed by atoms with Crippen LogP contribution in [0.1, 0.15) is 48.5 Å². The van der Waals surface area contributed by atoms with Gasteiger partial charge in [-0.05, 0) is 62.3 Å².